The van der Waals surface area contributed by atoms with Gasteiger partial charge in [-0.15, -0.1) is 0 Å². The molecule has 3 aromatic rings. The van der Waals surface area contributed by atoms with Gasteiger partial charge < -0.3 is 4.55 Å². The van der Waals surface area contributed by atoms with Gasteiger partial charge in [-0.3, -0.25) is 0 Å². The van der Waals surface area contributed by atoms with Gasteiger partial charge in [-0.2, -0.15) is 13.2 Å². The smallest absolute Gasteiger partial charge is 0.485 e. The molecule has 0 bridgehead atoms. The topological polar surface area (TPSA) is 57.2 Å². The van der Waals surface area contributed by atoms with E-state index in [2.05, 4.69) is 101 Å². The minimum atomic E-state index is -6.09. The maximum Gasteiger partial charge on any atom is 0.485 e. The van der Waals surface area contributed by atoms with Crippen LogP contribution in [0, 0.1) is 0 Å². The highest BCUT2D eigenvalue weighted by Gasteiger charge is 2.36. The molecule has 0 spiro atoms. The van der Waals surface area contributed by atoms with E-state index in [1.807, 2.05) is 0 Å². The van der Waals surface area contributed by atoms with Crippen molar-refractivity contribution >= 4 is 49.9 Å². The molecule has 0 fully saturated rings. The van der Waals surface area contributed by atoms with Gasteiger partial charge in [-0.1, -0.05) is 52.3 Å². The molecule has 3 rings (SSSR count). The van der Waals surface area contributed by atoms with E-state index in [0.29, 0.717) is 0 Å². The number of halogens is 4. The number of alkyl halides is 3. The molecule has 0 amide bonds. The maximum absolute atomic E-state index is 10.7. The average molecular weight is 491 g/mol. The third kappa shape index (κ3) is 6.41. The second-order valence-corrected chi connectivity index (χ2v) is 10.3. The van der Waals surface area contributed by atoms with Gasteiger partial charge in [-0.25, -0.2) is 8.42 Å². The predicted octanol–water partition coefficient (Wildman–Crippen LogP) is 3.99. The monoisotopic (exact) mass is 490 g/mol. The Morgan fingerprint density at radius 3 is 1.36 bits per heavy atom. The summed E-state index contributed by atoms with van der Waals surface area (Å²) in [6.45, 7) is 0. The molecule has 0 N–H and O–H groups in total. The van der Waals surface area contributed by atoms with Crippen LogP contribution in [0.5, 0.6) is 0 Å². The molecule has 0 radical (unpaired) electrons. The fourth-order valence-electron chi connectivity index (χ4n) is 2.33. The summed E-state index contributed by atoms with van der Waals surface area (Å²) in [5.74, 6) is 0. The Balaban J connectivity index is 0.000000300. The molecule has 0 aliphatic heterocycles. The number of rotatable bonds is 3. The van der Waals surface area contributed by atoms with Gasteiger partial charge >= 0.3 is 5.51 Å². The lowest BCUT2D eigenvalue weighted by Crippen LogP contribution is -2.21. The standard InChI is InChI=1S/C18H14BrP.CHF3O3S/c19-15-11-13-18(14-12-15)20(16-7-3-1-4-8-16)17-9-5-2-6-10-17;2-1(3,4)8(5,6)7/h1-14H;(H,5,6,7). The Hall–Kier alpha value is -1.73. The first-order valence-electron chi connectivity index (χ1n) is 7.85. The van der Waals surface area contributed by atoms with Crippen molar-refractivity contribution in [3.05, 3.63) is 89.4 Å². The van der Waals surface area contributed by atoms with Crippen molar-refractivity contribution < 1.29 is 26.1 Å². The molecule has 3 nitrogen and oxygen atoms in total. The normalized spacial score (nSPS) is 11.6. The van der Waals surface area contributed by atoms with Crippen molar-refractivity contribution in [3.8, 4) is 0 Å². The van der Waals surface area contributed by atoms with E-state index in [-0.39, 0.29) is 0 Å². The van der Waals surface area contributed by atoms with E-state index >= 15 is 0 Å². The van der Waals surface area contributed by atoms with Crippen LogP contribution in [-0.2, 0) is 10.1 Å². The summed E-state index contributed by atoms with van der Waals surface area (Å²) in [5, 5.41) is 4.26. The second-order valence-electron chi connectivity index (χ2n) is 5.51. The fraction of sp³-hybridized carbons (Fsp3) is 0.0526. The number of benzene rings is 3. The lowest BCUT2D eigenvalue weighted by molar-refractivity contribution is -0.0517. The summed E-state index contributed by atoms with van der Waals surface area (Å²) < 4.78 is 60.0. The summed E-state index contributed by atoms with van der Waals surface area (Å²) in [6.07, 6.45) is 0. The first-order chi connectivity index (χ1) is 13.1. The molecule has 3 aromatic carbocycles. The lowest BCUT2D eigenvalue weighted by Gasteiger charge is -2.10. The molecule has 148 valence electrons. The number of hydrogen-bond acceptors (Lipinski definition) is 3. The predicted molar refractivity (Wildman–Crippen MR) is 110 cm³/mol. The molecule has 28 heavy (non-hydrogen) atoms. The van der Waals surface area contributed by atoms with Crippen molar-refractivity contribution in [2.75, 3.05) is 0 Å². The molecule has 0 aliphatic carbocycles. The molecule has 0 aromatic heterocycles. The van der Waals surface area contributed by atoms with Crippen LogP contribution in [-0.4, -0.2) is 18.5 Å². The molecule has 0 saturated carbocycles. The van der Waals surface area contributed by atoms with Gasteiger partial charge in [0.1, 0.15) is 15.9 Å². The summed E-state index contributed by atoms with van der Waals surface area (Å²) in [4.78, 5) is 0. The average Bonchev–Trinajstić information content (AvgIpc) is 2.64. The molecule has 0 unspecified atom stereocenters. The highest BCUT2D eigenvalue weighted by atomic mass is 79.9. The Bertz CT molecular complexity index is 941. The molecule has 0 heterocycles. The minimum Gasteiger partial charge on any atom is -0.741 e. The van der Waals surface area contributed by atoms with E-state index in [1.165, 1.54) is 15.9 Å². The van der Waals surface area contributed by atoms with Crippen LogP contribution in [0.3, 0.4) is 0 Å². The van der Waals surface area contributed by atoms with Crippen LogP contribution in [0.25, 0.3) is 0 Å². The zero-order valence-corrected chi connectivity index (χ0v) is 17.6. The van der Waals surface area contributed by atoms with Gasteiger partial charge in [0.05, 0.1) is 7.92 Å². The van der Waals surface area contributed by atoms with Gasteiger partial charge in [0, 0.05) is 4.47 Å². The Labute approximate surface area is 170 Å². The summed E-state index contributed by atoms with van der Waals surface area (Å²) >= 11 is 3.52. The summed E-state index contributed by atoms with van der Waals surface area (Å²) in [7, 11) is -7.00. The molecule has 0 atom stereocenters. The fourth-order valence-corrected chi connectivity index (χ4v) is 5.14. The minimum absolute atomic E-state index is 0.915. The number of hydrogen-bond donors (Lipinski definition) is 0. The van der Waals surface area contributed by atoms with Crippen LogP contribution in [0.15, 0.2) is 89.4 Å². The maximum atomic E-state index is 10.7. The van der Waals surface area contributed by atoms with Crippen molar-refractivity contribution in [1.29, 1.82) is 0 Å². The van der Waals surface area contributed by atoms with Crippen molar-refractivity contribution in [2.24, 2.45) is 0 Å². The molecule has 0 saturated heterocycles. The van der Waals surface area contributed by atoms with E-state index < -0.39 is 23.5 Å². The van der Waals surface area contributed by atoms with Gasteiger partial charge in [0.25, 0.3) is 0 Å². The van der Waals surface area contributed by atoms with Gasteiger partial charge in [0.15, 0.2) is 10.1 Å². The van der Waals surface area contributed by atoms with E-state index in [0.717, 1.165) is 4.47 Å². The second kappa shape index (κ2) is 9.65. The van der Waals surface area contributed by atoms with Crippen LogP contribution in [0.1, 0.15) is 0 Å². The van der Waals surface area contributed by atoms with Crippen LogP contribution in [0.2, 0.25) is 0 Å². The molecular formula is C19H15BrF3O3PS. The van der Waals surface area contributed by atoms with Gasteiger partial charge in [-0.05, 0) is 48.5 Å². The van der Waals surface area contributed by atoms with Crippen molar-refractivity contribution in [3.63, 3.8) is 0 Å². The molecule has 9 heteroatoms. The Morgan fingerprint density at radius 1 is 0.714 bits per heavy atom. The molecular weight excluding hydrogens is 476 g/mol. The Kier molecular flexibility index (Phi) is 7.78. The SMILES string of the molecule is Brc1ccc([PH+](c2ccccc2)c2ccccc2)cc1.O=S(=O)([O-])C(F)(F)F. The van der Waals surface area contributed by atoms with E-state index in [4.69, 9.17) is 13.0 Å². The van der Waals surface area contributed by atoms with Gasteiger partial charge in [0.2, 0.25) is 0 Å². The zero-order chi connectivity index (χ0) is 20.8. The third-order valence-electron chi connectivity index (χ3n) is 3.54. The first-order valence-corrected chi connectivity index (χ1v) is 11.6. The highest BCUT2D eigenvalue weighted by Crippen LogP contribution is 2.32. The largest absolute Gasteiger partial charge is 0.741 e. The quantitative estimate of drug-likeness (QED) is 0.317. The highest BCUT2D eigenvalue weighted by molar-refractivity contribution is 9.10. The third-order valence-corrected chi connectivity index (χ3v) is 7.37. The van der Waals surface area contributed by atoms with Crippen molar-refractivity contribution in [1.82, 2.24) is 0 Å². The van der Waals surface area contributed by atoms with Crippen molar-refractivity contribution in [2.45, 2.75) is 5.51 Å². The summed E-state index contributed by atoms with van der Waals surface area (Å²) in [5.41, 5.74) is -5.65. The van der Waals surface area contributed by atoms with E-state index in [1.54, 1.807) is 0 Å². The van der Waals surface area contributed by atoms with E-state index in [9.17, 15) is 13.2 Å². The lowest BCUT2D eigenvalue weighted by atomic mass is 10.4. The zero-order valence-electron chi connectivity index (χ0n) is 14.2. The Morgan fingerprint density at radius 2 is 1.04 bits per heavy atom. The first kappa shape index (κ1) is 22.6. The van der Waals surface area contributed by atoms with Crippen LogP contribution < -0.4 is 15.9 Å². The summed E-state index contributed by atoms with van der Waals surface area (Å²) in [6, 6.07) is 30.4. The van der Waals surface area contributed by atoms with Crippen LogP contribution in [0.4, 0.5) is 13.2 Å². The molecule has 0 aliphatic rings. The van der Waals surface area contributed by atoms with Crippen LogP contribution >= 0.6 is 23.9 Å².